The second kappa shape index (κ2) is 12.8. The Kier molecular flexibility index (Phi) is 9.91. The minimum Gasteiger partial charge on any atom is -0.465 e. The summed E-state index contributed by atoms with van der Waals surface area (Å²) in [5, 5.41) is 10.4. The van der Waals surface area contributed by atoms with Gasteiger partial charge in [-0.15, -0.1) is 13.2 Å². The highest BCUT2D eigenvalue weighted by molar-refractivity contribution is 9.09. The molecular formula is C28H42BrN3O7. The fourth-order valence-corrected chi connectivity index (χ4v) is 7.58. The Morgan fingerprint density at radius 3 is 2.62 bits per heavy atom. The molecule has 2 amide bonds. The van der Waals surface area contributed by atoms with Gasteiger partial charge in [-0.25, -0.2) is 0 Å². The first kappa shape index (κ1) is 30.2. The van der Waals surface area contributed by atoms with E-state index in [0.29, 0.717) is 45.7 Å². The molecule has 4 saturated heterocycles. The summed E-state index contributed by atoms with van der Waals surface area (Å²) in [6.07, 6.45) is 3.66. The van der Waals surface area contributed by atoms with Crippen molar-refractivity contribution in [2.24, 2.45) is 17.8 Å². The molecule has 4 aliphatic rings. The van der Waals surface area contributed by atoms with E-state index < -0.39 is 41.6 Å². The van der Waals surface area contributed by atoms with Gasteiger partial charge < -0.3 is 29.1 Å². The number of aliphatic hydroxyl groups excluding tert-OH is 1. The molecule has 1 N–H and O–H groups in total. The topological polar surface area (TPSA) is 109 Å². The van der Waals surface area contributed by atoms with E-state index in [4.69, 9.17) is 14.2 Å². The number of carbonyl (C=O) groups excluding carboxylic acids is 3. The van der Waals surface area contributed by atoms with Gasteiger partial charge in [0.25, 0.3) is 0 Å². The zero-order chi connectivity index (χ0) is 28.3. The highest BCUT2D eigenvalue weighted by Gasteiger charge is 2.77. The second-order valence-corrected chi connectivity index (χ2v) is 12.4. The molecule has 1 spiro atoms. The van der Waals surface area contributed by atoms with Crippen LogP contribution in [0.15, 0.2) is 25.3 Å². The number of halogens is 1. The fraction of sp³-hybridized carbons (Fsp3) is 0.750. The minimum atomic E-state index is -1.20. The van der Waals surface area contributed by atoms with Gasteiger partial charge in [0, 0.05) is 37.6 Å². The van der Waals surface area contributed by atoms with Gasteiger partial charge in [0.05, 0.1) is 50.4 Å². The fourth-order valence-electron chi connectivity index (χ4n) is 6.64. The maximum Gasteiger partial charge on any atom is 0.312 e. The van der Waals surface area contributed by atoms with Crippen molar-refractivity contribution in [1.29, 1.82) is 0 Å². The normalized spacial score (nSPS) is 32.8. The average molecular weight is 613 g/mol. The van der Waals surface area contributed by atoms with Crippen LogP contribution in [-0.4, -0.2) is 125 Å². The van der Waals surface area contributed by atoms with E-state index in [1.54, 1.807) is 17.1 Å². The molecule has 2 bridgehead atoms. The van der Waals surface area contributed by atoms with Gasteiger partial charge in [-0.05, 0) is 18.8 Å². The molecular weight excluding hydrogens is 570 g/mol. The molecule has 11 heteroatoms. The molecule has 39 heavy (non-hydrogen) atoms. The summed E-state index contributed by atoms with van der Waals surface area (Å²) >= 11 is 3.68. The third-order valence-corrected chi connectivity index (χ3v) is 9.41. The van der Waals surface area contributed by atoms with Gasteiger partial charge in [0.1, 0.15) is 11.6 Å². The molecule has 0 aromatic heterocycles. The van der Waals surface area contributed by atoms with Gasteiger partial charge in [-0.1, -0.05) is 41.9 Å². The lowest BCUT2D eigenvalue weighted by atomic mass is 9.70. The predicted molar refractivity (Wildman–Crippen MR) is 148 cm³/mol. The molecule has 4 heterocycles. The number of ether oxygens (including phenoxy) is 3. The summed E-state index contributed by atoms with van der Waals surface area (Å²) < 4.78 is 17.5. The van der Waals surface area contributed by atoms with Crippen LogP contribution in [0.1, 0.15) is 26.7 Å². The number of hydrogen-bond donors (Lipinski definition) is 1. The Balaban J connectivity index is 1.69. The van der Waals surface area contributed by atoms with Crippen molar-refractivity contribution in [3.63, 3.8) is 0 Å². The van der Waals surface area contributed by atoms with Crippen molar-refractivity contribution in [2.75, 3.05) is 59.2 Å². The molecule has 3 unspecified atom stereocenters. The van der Waals surface area contributed by atoms with Gasteiger partial charge >= 0.3 is 5.97 Å². The summed E-state index contributed by atoms with van der Waals surface area (Å²) in [6.45, 7) is 15.5. The number of carbonyl (C=O) groups is 3. The first-order valence-electron chi connectivity index (χ1n) is 13.9. The van der Waals surface area contributed by atoms with Crippen LogP contribution in [0.2, 0.25) is 0 Å². The van der Waals surface area contributed by atoms with Crippen LogP contribution in [-0.2, 0) is 28.6 Å². The molecule has 7 atom stereocenters. The maximum atomic E-state index is 14.5. The molecule has 0 aromatic rings. The molecule has 10 nitrogen and oxygen atoms in total. The van der Waals surface area contributed by atoms with E-state index in [1.807, 2.05) is 13.8 Å². The average Bonchev–Trinajstić information content (AvgIpc) is 3.51. The minimum absolute atomic E-state index is 0.124. The van der Waals surface area contributed by atoms with Gasteiger partial charge in [-0.2, -0.15) is 0 Å². The maximum absolute atomic E-state index is 14.5. The second-order valence-electron chi connectivity index (χ2n) is 11.2. The molecule has 0 aliphatic carbocycles. The standard InChI is InChI=1S/C28H42BrN3O7/c1-5-7-13-38-27(36)21-22-25(34)32(20(17-33)18(3)4)24(28(22)16-19(29)23(21)39-28)26(35)31(8-6-2)10-9-30-11-14-37-15-12-30/h5-6,18-24,33H,1-2,7-17H2,3-4H3/t19?,20-,21-,22-,23-,24?,28?/m0/s1. The number of likely N-dealkylation sites (tertiary alicyclic amines) is 1. The van der Waals surface area contributed by atoms with Crippen molar-refractivity contribution in [3.05, 3.63) is 25.3 Å². The zero-order valence-corrected chi connectivity index (χ0v) is 24.6. The molecule has 4 aliphatic heterocycles. The Hall–Kier alpha value is -1.79. The molecule has 4 fully saturated rings. The molecule has 218 valence electrons. The summed E-state index contributed by atoms with van der Waals surface area (Å²) in [5.74, 6) is -2.91. The first-order valence-corrected chi connectivity index (χ1v) is 14.9. The third-order valence-electron chi connectivity index (χ3n) is 8.56. The summed E-state index contributed by atoms with van der Waals surface area (Å²) in [4.78, 5) is 47.2. The first-order chi connectivity index (χ1) is 18.7. The molecule has 4 rings (SSSR count). The van der Waals surface area contributed by atoms with E-state index in [2.05, 4.69) is 34.0 Å². The Morgan fingerprint density at radius 2 is 2.00 bits per heavy atom. The van der Waals surface area contributed by atoms with E-state index in [1.165, 1.54) is 4.90 Å². The van der Waals surface area contributed by atoms with Crippen molar-refractivity contribution in [3.8, 4) is 0 Å². The highest BCUT2D eigenvalue weighted by Crippen LogP contribution is 2.60. The lowest BCUT2D eigenvalue weighted by Gasteiger charge is -2.41. The van der Waals surface area contributed by atoms with Crippen molar-refractivity contribution in [1.82, 2.24) is 14.7 Å². The number of nitrogens with zero attached hydrogens (tertiary/aromatic N) is 3. The lowest BCUT2D eigenvalue weighted by molar-refractivity contribution is -0.157. The van der Waals surface area contributed by atoms with Crippen molar-refractivity contribution < 1.29 is 33.7 Å². The smallest absolute Gasteiger partial charge is 0.312 e. The van der Waals surface area contributed by atoms with Crippen LogP contribution < -0.4 is 0 Å². The van der Waals surface area contributed by atoms with Gasteiger partial charge in [-0.3, -0.25) is 19.3 Å². The number of hydrogen-bond acceptors (Lipinski definition) is 8. The summed E-state index contributed by atoms with van der Waals surface area (Å²) in [5.41, 5.74) is -1.20. The van der Waals surface area contributed by atoms with E-state index in [-0.39, 0.29) is 35.8 Å². The monoisotopic (exact) mass is 611 g/mol. The Bertz CT molecular complexity index is 942. The Morgan fingerprint density at radius 1 is 1.28 bits per heavy atom. The quantitative estimate of drug-likeness (QED) is 0.143. The van der Waals surface area contributed by atoms with Crippen LogP contribution in [0, 0.1) is 17.8 Å². The predicted octanol–water partition coefficient (Wildman–Crippen LogP) is 1.22. The van der Waals surface area contributed by atoms with Crippen LogP contribution in [0.3, 0.4) is 0 Å². The van der Waals surface area contributed by atoms with Crippen LogP contribution in [0.5, 0.6) is 0 Å². The number of fused-ring (bicyclic) bond motifs is 1. The lowest BCUT2D eigenvalue weighted by Crippen LogP contribution is -2.60. The molecule has 0 radical (unpaired) electrons. The zero-order valence-electron chi connectivity index (χ0n) is 23.0. The molecule has 0 saturated carbocycles. The number of aliphatic hydroxyl groups is 1. The summed E-state index contributed by atoms with van der Waals surface area (Å²) in [7, 11) is 0. The molecule has 0 aromatic carbocycles. The van der Waals surface area contributed by atoms with Gasteiger partial charge in [0.15, 0.2) is 0 Å². The number of alkyl halides is 1. The number of esters is 1. The summed E-state index contributed by atoms with van der Waals surface area (Å²) in [6, 6.07) is -1.58. The van der Waals surface area contributed by atoms with Gasteiger partial charge in [0.2, 0.25) is 11.8 Å². The van der Waals surface area contributed by atoms with Crippen LogP contribution in [0.4, 0.5) is 0 Å². The number of morpholine rings is 1. The van der Waals surface area contributed by atoms with E-state index in [0.717, 1.165) is 13.1 Å². The van der Waals surface area contributed by atoms with E-state index >= 15 is 0 Å². The van der Waals surface area contributed by atoms with E-state index in [9.17, 15) is 19.5 Å². The Labute approximate surface area is 239 Å². The van der Waals surface area contributed by atoms with Crippen molar-refractivity contribution in [2.45, 2.75) is 55.3 Å². The highest BCUT2D eigenvalue weighted by atomic mass is 79.9. The number of rotatable bonds is 13. The van der Waals surface area contributed by atoms with Crippen LogP contribution >= 0.6 is 15.9 Å². The SMILES string of the molecule is C=CCCOC(=O)[C@H]1[C@H]2C(=O)N([C@@H](CO)C(C)C)C(C(=O)N(CC=C)CCN3CCOCC3)C23CC(Br)[C@@H]1O3. The van der Waals surface area contributed by atoms with Crippen LogP contribution in [0.25, 0.3) is 0 Å². The largest absolute Gasteiger partial charge is 0.465 e. The third kappa shape index (κ3) is 5.57. The van der Waals surface area contributed by atoms with Crippen molar-refractivity contribution >= 4 is 33.7 Å². The number of amides is 2.